The molecular weight excluding hydrogens is 228 g/mol. The third-order valence-corrected chi connectivity index (χ3v) is 3.03. The van der Waals surface area contributed by atoms with E-state index in [2.05, 4.69) is 0 Å². The van der Waals surface area contributed by atoms with Crippen molar-refractivity contribution < 1.29 is 15.0 Å². The van der Waals surface area contributed by atoms with Crippen LogP contribution in [0.25, 0.3) is 10.8 Å². The molecule has 2 aromatic rings. The molecule has 2 aromatic carbocycles. The molecule has 1 atom stereocenters. The van der Waals surface area contributed by atoms with Gasteiger partial charge in [-0.1, -0.05) is 30.3 Å². The predicted molar refractivity (Wildman–Crippen MR) is 70.9 cm³/mol. The number of hydrogen-bond acceptors (Lipinski definition) is 2. The molecule has 0 aliphatic rings. The fourth-order valence-electron chi connectivity index (χ4n) is 2.05. The van der Waals surface area contributed by atoms with Crippen LogP contribution in [0, 0.1) is 0 Å². The summed E-state index contributed by atoms with van der Waals surface area (Å²) in [6.45, 7) is 1.77. The fraction of sp³-hybridized carbons (Fsp3) is 0.267. The Kier molecular flexibility index (Phi) is 3.63. The van der Waals surface area contributed by atoms with Crippen molar-refractivity contribution in [3.8, 4) is 0 Å². The average Bonchev–Trinajstić information content (AvgIpc) is 2.35. The molecule has 0 aromatic heterocycles. The summed E-state index contributed by atoms with van der Waals surface area (Å²) in [5, 5.41) is 20.0. The zero-order chi connectivity index (χ0) is 13.1. The molecule has 1 unspecified atom stereocenters. The van der Waals surface area contributed by atoms with Crippen LogP contribution in [-0.2, 0) is 6.42 Å². The first kappa shape index (κ1) is 12.6. The van der Waals surface area contributed by atoms with Gasteiger partial charge in [0.25, 0.3) is 0 Å². The smallest absolute Gasteiger partial charge is 0.336 e. The van der Waals surface area contributed by atoms with Gasteiger partial charge in [0.1, 0.15) is 0 Å². The van der Waals surface area contributed by atoms with E-state index in [1.807, 2.05) is 24.3 Å². The van der Waals surface area contributed by atoms with Gasteiger partial charge in [-0.05, 0) is 42.2 Å². The van der Waals surface area contributed by atoms with E-state index in [0.29, 0.717) is 12.0 Å². The largest absolute Gasteiger partial charge is 0.478 e. The van der Waals surface area contributed by atoms with E-state index < -0.39 is 5.97 Å². The molecule has 18 heavy (non-hydrogen) atoms. The topological polar surface area (TPSA) is 57.5 Å². The normalized spacial score (nSPS) is 12.6. The van der Waals surface area contributed by atoms with E-state index >= 15 is 0 Å². The van der Waals surface area contributed by atoms with Crippen molar-refractivity contribution in [2.24, 2.45) is 0 Å². The molecule has 0 spiro atoms. The maximum Gasteiger partial charge on any atom is 0.336 e. The van der Waals surface area contributed by atoms with Crippen molar-refractivity contribution >= 4 is 16.7 Å². The Labute approximate surface area is 106 Å². The molecule has 3 nitrogen and oxygen atoms in total. The second-order valence-corrected chi connectivity index (χ2v) is 4.55. The van der Waals surface area contributed by atoms with Crippen LogP contribution < -0.4 is 0 Å². The SMILES string of the molecule is CC(O)CCc1ccc2c(C(=O)O)cccc2c1. The van der Waals surface area contributed by atoms with E-state index in [1.54, 1.807) is 19.1 Å². The van der Waals surface area contributed by atoms with Crippen LogP contribution in [0.3, 0.4) is 0 Å². The molecule has 2 rings (SSSR count). The third kappa shape index (κ3) is 2.68. The molecule has 0 heterocycles. The lowest BCUT2D eigenvalue weighted by molar-refractivity contribution is 0.0699. The predicted octanol–water partition coefficient (Wildman–Crippen LogP) is 2.85. The van der Waals surface area contributed by atoms with Crippen molar-refractivity contribution in [3.63, 3.8) is 0 Å². The molecule has 0 fully saturated rings. The van der Waals surface area contributed by atoms with Crippen LogP contribution in [0.2, 0.25) is 0 Å². The number of carboxylic acids is 1. The maximum atomic E-state index is 11.1. The van der Waals surface area contributed by atoms with Gasteiger partial charge in [0.05, 0.1) is 11.7 Å². The molecule has 0 radical (unpaired) electrons. The second-order valence-electron chi connectivity index (χ2n) is 4.55. The summed E-state index contributed by atoms with van der Waals surface area (Å²) in [6.07, 6.45) is 1.20. The van der Waals surface area contributed by atoms with Gasteiger partial charge in [0.2, 0.25) is 0 Å². The van der Waals surface area contributed by atoms with E-state index in [9.17, 15) is 9.90 Å². The van der Waals surface area contributed by atoms with Gasteiger partial charge < -0.3 is 10.2 Å². The van der Waals surface area contributed by atoms with Gasteiger partial charge in [0, 0.05) is 0 Å². The summed E-state index contributed by atoms with van der Waals surface area (Å²) in [5.41, 5.74) is 1.44. The number of carboxylic acid groups (broad SMARTS) is 1. The number of aliphatic hydroxyl groups excluding tert-OH is 1. The molecule has 0 aliphatic carbocycles. The molecule has 2 N–H and O–H groups in total. The van der Waals surface area contributed by atoms with Crippen molar-refractivity contribution in [2.75, 3.05) is 0 Å². The van der Waals surface area contributed by atoms with Crippen LogP contribution >= 0.6 is 0 Å². The van der Waals surface area contributed by atoms with Gasteiger partial charge >= 0.3 is 5.97 Å². The number of carbonyl (C=O) groups is 1. The lowest BCUT2D eigenvalue weighted by Gasteiger charge is -2.07. The third-order valence-electron chi connectivity index (χ3n) is 3.03. The van der Waals surface area contributed by atoms with Gasteiger partial charge in [-0.15, -0.1) is 0 Å². The highest BCUT2D eigenvalue weighted by Gasteiger charge is 2.08. The Bertz CT molecular complexity index is 573. The Morgan fingerprint density at radius 3 is 2.72 bits per heavy atom. The van der Waals surface area contributed by atoms with Crippen molar-refractivity contribution in [1.29, 1.82) is 0 Å². The Hall–Kier alpha value is -1.87. The summed E-state index contributed by atoms with van der Waals surface area (Å²) in [6, 6.07) is 11.0. The number of aromatic carboxylic acids is 1. The lowest BCUT2D eigenvalue weighted by atomic mass is 9.99. The van der Waals surface area contributed by atoms with E-state index in [4.69, 9.17) is 5.11 Å². The minimum atomic E-state index is -0.905. The van der Waals surface area contributed by atoms with Crippen molar-refractivity contribution in [3.05, 3.63) is 47.5 Å². The zero-order valence-corrected chi connectivity index (χ0v) is 10.3. The van der Waals surface area contributed by atoms with Gasteiger partial charge in [0.15, 0.2) is 0 Å². The minimum Gasteiger partial charge on any atom is -0.478 e. The summed E-state index contributed by atoms with van der Waals surface area (Å²) >= 11 is 0. The number of rotatable bonds is 4. The number of aryl methyl sites for hydroxylation is 1. The average molecular weight is 244 g/mol. The van der Waals surface area contributed by atoms with Crippen molar-refractivity contribution in [2.45, 2.75) is 25.9 Å². The molecule has 0 bridgehead atoms. The number of aliphatic hydroxyl groups is 1. The van der Waals surface area contributed by atoms with Gasteiger partial charge in [-0.25, -0.2) is 4.79 Å². The highest BCUT2D eigenvalue weighted by atomic mass is 16.4. The van der Waals surface area contributed by atoms with Gasteiger partial charge in [-0.2, -0.15) is 0 Å². The number of hydrogen-bond donors (Lipinski definition) is 2. The molecule has 0 saturated carbocycles. The van der Waals surface area contributed by atoms with E-state index in [-0.39, 0.29) is 6.10 Å². The molecule has 94 valence electrons. The molecule has 3 heteroatoms. The minimum absolute atomic E-state index is 0.314. The van der Waals surface area contributed by atoms with Gasteiger partial charge in [-0.3, -0.25) is 0 Å². The second kappa shape index (κ2) is 5.19. The Morgan fingerprint density at radius 2 is 2.06 bits per heavy atom. The van der Waals surface area contributed by atoms with Crippen molar-refractivity contribution in [1.82, 2.24) is 0 Å². The number of benzene rings is 2. The highest BCUT2D eigenvalue weighted by Crippen LogP contribution is 2.21. The molecule has 0 aliphatic heterocycles. The first-order valence-corrected chi connectivity index (χ1v) is 6.01. The van der Waals surface area contributed by atoms with E-state index in [0.717, 1.165) is 22.8 Å². The lowest BCUT2D eigenvalue weighted by Crippen LogP contribution is -2.01. The summed E-state index contributed by atoms with van der Waals surface area (Å²) in [7, 11) is 0. The monoisotopic (exact) mass is 244 g/mol. The Morgan fingerprint density at radius 1 is 1.28 bits per heavy atom. The van der Waals surface area contributed by atoms with Crippen LogP contribution in [0.15, 0.2) is 36.4 Å². The molecular formula is C15H16O3. The number of fused-ring (bicyclic) bond motifs is 1. The van der Waals surface area contributed by atoms with Crippen LogP contribution in [0.4, 0.5) is 0 Å². The molecule has 0 saturated heterocycles. The summed E-state index contributed by atoms with van der Waals surface area (Å²) < 4.78 is 0. The van der Waals surface area contributed by atoms with E-state index in [1.165, 1.54) is 0 Å². The van der Waals surface area contributed by atoms with Crippen LogP contribution in [-0.4, -0.2) is 22.3 Å². The quantitative estimate of drug-likeness (QED) is 0.869. The van der Waals surface area contributed by atoms with Crippen LogP contribution in [0.5, 0.6) is 0 Å². The molecule has 0 amide bonds. The Balaban J connectivity index is 2.38. The summed E-state index contributed by atoms with van der Waals surface area (Å²) in [4.78, 5) is 11.1. The highest BCUT2D eigenvalue weighted by molar-refractivity contribution is 6.03. The van der Waals surface area contributed by atoms with Crippen LogP contribution in [0.1, 0.15) is 29.3 Å². The summed E-state index contributed by atoms with van der Waals surface area (Å²) in [5.74, 6) is -0.905. The fourth-order valence-corrected chi connectivity index (χ4v) is 2.05. The zero-order valence-electron chi connectivity index (χ0n) is 10.3. The standard InChI is InChI=1S/C15H16O3/c1-10(16)5-6-11-7-8-13-12(9-11)3-2-4-14(13)15(17)18/h2-4,7-10,16H,5-6H2,1H3,(H,17,18). The maximum absolute atomic E-state index is 11.1. The first-order chi connectivity index (χ1) is 8.58. The first-order valence-electron chi connectivity index (χ1n) is 6.01.